The van der Waals surface area contributed by atoms with Crippen LogP contribution in [-0.2, 0) is 9.47 Å². The van der Waals surface area contributed by atoms with Gasteiger partial charge in [-0.25, -0.2) is 0 Å². The van der Waals surface area contributed by atoms with Crippen molar-refractivity contribution in [1.29, 1.82) is 0 Å². The molecule has 2 heteroatoms. The van der Waals surface area contributed by atoms with E-state index in [0.29, 0.717) is 13.2 Å². The molecular weight excluding hydrogens is 260 g/mol. The summed E-state index contributed by atoms with van der Waals surface area (Å²) in [7, 11) is 0. The molecular formula is C19H24O2. The molecule has 2 nitrogen and oxygen atoms in total. The number of hydrogen-bond donors (Lipinski definition) is 0. The third-order valence-electron chi connectivity index (χ3n) is 3.51. The lowest BCUT2D eigenvalue weighted by molar-refractivity contribution is -0.0126. The zero-order chi connectivity index (χ0) is 14.9. The number of rotatable bonds is 8. The van der Waals surface area contributed by atoms with Gasteiger partial charge < -0.3 is 9.47 Å². The van der Waals surface area contributed by atoms with Crippen LogP contribution in [0.2, 0.25) is 0 Å². The Morgan fingerprint density at radius 1 is 0.667 bits per heavy atom. The molecule has 0 radical (unpaired) electrons. The Morgan fingerprint density at radius 2 is 1.05 bits per heavy atom. The monoisotopic (exact) mass is 284 g/mol. The van der Waals surface area contributed by atoms with Crippen LogP contribution >= 0.6 is 0 Å². The highest BCUT2D eigenvalue weighted by Crippen LogP contribution is 2.31. The molecule has 21 heavy (non-hydrogen) atoms. The minimum atomic E-state index is 0.0629. The number of hydrogen-bond acceptors (Lipinski definition) is 2. The topological polar surface area (TPSA) is 18.5 Å². The second-order valence-electron chi connectivity index (χ2n) is 4.95. The van der Waals surface area contributed by atoms with E-state index in [1.165, 1.54) is 11.1 Å². The molecule has 0 aliphatic heterocycles. The molecule has 0 unspecified atom stereocenters. The summed E-state index contributed by atoms with van der Waals surface area (Å²) in [6.07, 6.45) is 0.955. The predicted octanol–water partition coefficient (Wildman–Crippen LogP) is 4.93. The molecule has 2 rings (SSSR count). The zero-order valence-electron chi connectivity index (χ0n) is 12.9. The van der Waals surface area contributed by atoms with Gasteiger partial charge in [-0.1, -0.05) is 60.7 Å². The quantitative estimate of drug-likeness (QED) is 0.684. The number of benzene rings is 2. The van der Waals surface area contributed by atoms with Crippen LogP contribution in [-0.4, -0.2) is 13.2 Å². The summed E-state index contributed by atoms with van der Waals surface area (Å²) in [5.74, 6) is 0. The van der Waals surface area contributed by atoms with E-state index in [4.69, 9.17) is 9.47 Å². The average molecular weight is 284 g/mol. The van der Waals surface area contributed by atoms with Crippen molar-refractivity contribution in [3.8, 4) is 0 Å². The highest BCUT2D eigenvalue weighted by molar-refractivity contribution is 5.21. The maximum absolute atomic E-state index is 5.95. The van der Waals surface area contributed by atoms with Gasteiger partial charge in [0, 0.05) is 19.6 Å². The summed E-state index contributed by atoms with van der Waals surface area (Å²) >= 11 is 0. The molecule has 112 valence electrons. The first kappa shape index (κ1) is 15.7. The second-order valence-corrected chi connectivity index (χ2v) is 4.95. The lowest BCUT2D eigenvalue weighted by atomic mass is 9.98. The van der Waals surface area contributed by atoms with Crippen molar-refractivity contribution in [3.63, 3.8) is 0 Å². The molecule has 0 aromatic heterocycles. The van der Waals surface area contributed by atoms with Gasteiger partial charge in [0.05, 0.1) is 12.2 Å². The summed E-state index contributed by atoms with van der Waals surface area (Å²) in [6.45, 7) is 5.47. The lowest BCUT2D eigenvalue weighted by Crippen LogP contribution is -2.13. The fourth-order valence-electron chi connectivity index (χ4n) is 2.53. The Balaban J connectivity index is 2.16. The average Bonchev–Trinajstić information content (AvgIpc) is 2.55. The summed E-state index contributed by atoms with van der Waals surface area (Å²) in [4.78, 5) is 0. The summed E-state index contributed by atoms with van der Waals surface area (Å²) < 4.78 is 11.9. The van der Waals surface area contributed by atoms with E-state index in [1.807, 2.05) is 26.0 Å². The molecule has 0 spiro atoms. The van der Waals surface area contributed by atoms with Crippen molar-refractivity contribution in [3.05, 3.63) is 71.8 Å². The SMILES string of the molecule is CCO[C@H](C[C@@H](OCC)c1ccccc1)c1ccccc1. The van der Waals surface area contributed by atoms with Crippen LogP contribution in [0.15, 0.2) is 60.7 Å². The fourth-order valence-corrected chi connectivity index (χ4v) is 2.53. The smallest absolute Gasteiger partial charge is 0.0852 e. The Morgan fingerprint density at radius 3 is 1.38 bits per heavy atom. The molecule has 2 atom stereocenters. The van der Waals surface area contributed by atoms with Crippen LogP contribution in [0.5, 0.6) is 0 Å². The van der Waals surface area contributed by atoms with Gasteiger partial charge in [-0.3, -0.25) is 0 Å². The molecule has 0 aliphatic rings. The molecule has 0 bridgehead atoms. The Labute approximate surface area is 127 Å². The van der Waals surface area contributed by atoms with Crippen LogP contribution in [0.1, 0.15) is 43.6 Å². The minimum absolute atomic E-state index is 0.0629. The van der Waals surface area contributed by atoms with Crippen molar-refractivity contribution in [2.45, 2.75) is 32.5 Å². The summed E-state index contributed by atoms with van der Waals surface area (Å²) in [6, 6.07) is 20.8. The van der Waals surface area contributed by atoms with Crippen molar-refractivity contribution >= 4 is 0 Å². The highest BCUT2D eigenvalue weighted by Gasteiger charge is 2.20. The van der Waals surface area contributed by atoms with E-state index < -0.39 is 0 Å². The van der Waals surface area contributed by atoms with E-state index in [9.17, 15) is 0 Å². The van der Waals surface area contributed by atoms with Gasteiger partial charge >= 0.3 is 0 Å². The van der Waals surface area contributed by atoms with Gasteiger partial charge in [-0.05, 0) is 25.0 Å². The molecule has 2 aromatic rings. The maximum atomic E-state index is 5.95. The standard InChI is InChI=1S/C19H24O2/c1-3-20-18(16-11-7-5-8-12-16)15-19(21-4-2)17-13-9-6-10-14-17/h5-14,18-19H,3-4,15H2,1-2H3/t18-,19-/m1/s1. The molecule has 0 heterocycles. The summed E-state index contributed by atoms with van der Waals surface area (Å²) in [5.41, 5.74) is 2.42. The molecule has 0 aliphatic carbocycles. The van der Waals surface area contributed by atoms with Crippen molar-refractivity contribution in [2.24, 2.45) is 0 Å². The third-order valence-corrected chi connectivity index (χ3v) is 3.51. The van der Waals surface area contributed by atoms with Gasteiger partial charge in [0.15, 0.2) is 0 Å². The van der Waals surface area contributed by atoms with E-state index >= 15 is 0 Å². The first-order valence-electron chi connectivity index (χ1n) is 7.68. The van der Waals surface area contributed by atoms with Crippen LogP contribution in [0.4, 0.5) is 0 Å². The predicted molar refractivity (Wildman–Crippen MR) is 86.2 cm³/mol. The van der Waals surface area contributed by atoms with E-state index in [2.05, 4.69) is 48.5 Å². The van der Waals surface area contributed by atoms with Crippen molar-refractivity contribution in [2.75, 3.05) is 13.2 Å². The third kappa shape index (κ3) is 4.69. The number of ether oxygens (including phenoxy) is 2. The fraction of sp³-hybridized carbons (Fsp3) is 0.368. The molecule has 0 saturated heterocycles. The van der Waals surface area contributed by atoms with Gasteiger partial charge in [0.1, 0.15) is 0 Å². The van der Waals surface area contributed by atoms with Crippen LogP contribution < -0.4 is 0 Å². The Bertz CT molecular complexity index is 448. The molecule has 0 fully saturated rings. The lowest BCUT2D eigenvalue weighted by Gasteiger charge is -2.24. The summed E-state index contributed by atoms with van der Waals surface area (Å²) in [5, 5.41) is 0. The van der Waals surface area contributed by atoms with Crippen LogP contribution in [0, 0.1) is 0 Å². The van der Waals surface area contributed by atoms with Gasteiger partial charge in [0.25, 0.3) is 0 Å². The molecule has 0 N–H and O–H groups in total. The van der Waals surface area contributed by atoms with Crippen molar-refractivity contribution < 1.29 is 9.47 Å². The largest absolute Gasteiger partial charge is 0.374 e. The first-order valence-corrected chi connectivity index (χ1v) is 7.68. The molecule has 2 aromatic carbocycles. The van der Waals surface area contributed by atoms with Gasteiger partial charge in [-0.2, -0.15) is 0 Å². The van der Waals surface area contributed by atoms with Crippen LogP contribution in [0.3, 0.4) is 0 Å². The van der Waals surface area contributed by atoms with E-state index in [-0.39, 0.29) is 12.2 Å². The normalized spacial score (nSPS) is 13.8. The first-order chi connectivity index (χ1) is 10.3. The maximum Gasteiger partial charge on any atom is 0.0852 e. The van der Waals surface area contributed by atoms with E-state index in [1.54, 1.807) is 0 Å². The van der Waals surface area contributed by atoms with Gasteiger partial charge in [-0.15, -0.1) is 0 Å². The second kappa shape index (κ2) is 8.60. The van der Waals surface area contributed by atoms with Crippen LogP contribution in [0.25, 0.3) is 0 Å². The minimum Gasteiger partial charge on any atom is -0.374 e. The Kier molecular flexibility index (Phi) is 6.45. The zero-order valence-corrected chi connectivity index (χ0v) is 12.9. The molecule has 0 amide bonds. The van der Waals surface area contributed by atoms with Crippen molar-refractivity contribution in [1.82, 2.24) is 0 Å². The van der Waals surface area contributed by atoms with Gasteiger partial charge in [0.2, 0.25) is 0 Å². The highest BCUT2D eigenvalue weighted by atomic mass is 16.5. The molecule has 0 saturated carbocycles. The Hall–Kier alpha value is -1.64. The van der Waals surface area contributed by atoms with E-state index in [0.717, 1.165) is 6.42 Å².